The van der Waals surface area contributed by atoms with Crippen LogP contribution in [0.3, 0.4) is 0 Å². The van der Waals surface area contributed by atoms with Gasteiger partial charge in [0, 0.05) is 12.1 Å². The molecule has 4 aromatic rings. The quantitative estimate of drug-likeness (QED) is 0.407. The van der Waals surface area contributed by atoms with Crippen LogP contribution in [0, 0.1) is 0 Å². The fourth-order valence-corrected chi connectivity index (χ4v) is 3.78. The van der Waals surface area contributed by atoms with Gasteiger partial charge >= 0.3 is 6.18 Å². The molecule has 0 aliphatic carbocycles. The van der Waals surface area contributed by atoms with Crippen molar-refractivity contribution in [2.75, 3.05) is 7.11 Å². The summed E-state index contributed by atoms with van der Waals surface area (Å²) in [7, 11) is 1.46. The highest BCUT2D eigenvalue weighted by molar-refractivity contribution is 7.13. The van der Waals surface area contributed by atoms with Crippen molar-refractivity contribution in [1.82, 2.24) is 14.6 Å². The zero-order chi connectivity index (χ0) is 19.9. The van der Waals surface area contributed by atoms with Gasteiger partial charge in [-0.2, -0.15) is 18.3 Å². The number of nitrogens with zero attached hydrogens (tertiary/aromatic N) is 3. The number of thiophene rings is 1. The zero-order valence-corrected chi connectivity index (χ0v) is 16.1. The monoisotopic (exact) mass is 423 g/mol. The van der Waals surface area contributed by atoms with Gasteiger partial charge in [-0.3, -0.25) is 0 Å². The molecule has 3 aromatic heterocycles. The molecule has 0 saturated heterocycles. The van der Waals surface area contributed by atoms with E-state index in [0.717, 1.165) is 10.6 Å². The first-order valence-corrected chi connectivity index (χ1v) is 9.43. The number of halogens is 4. The first kappa shape index (κ1) is 18.9. The summed E-state index contributed by atoms with van der Waals surface area (Å²) in [5.41, 5.74) is 0.990. The number of fused-ring (bicyclic) bond motifs is 1. The number of alkyl halides is 3. The first-order valence-electron chi connectivity index (χ1n) is 8.17. The molecular weight excluding hydrogens is 411 g/mol. The molecule has 0 bridgehead atoms. The topological polar surface area (TPSA) is 39.4 Å². The van der Waals surface area contributed by atoms with Gasteiger partial charge in [0.2, 0.25) is 0 Å². The molecule has 1 aromatic carbocycles. The molecule has 0 N–H and O–H groups in total. The number of ether oxygens (including phenoxy) is 1. The predicted octanol–water partition coefficient (Wildman–Crippen LogP) is 5.94. The van der Waals surface area contributed by atoms with E-state index in [2.05, 4.69) is 10.1 Å². The average Bonchev–Trinajstić information content (AvgIpc) is 3.29. The molecule has 144 valence electrons. The summed E-state index contributed by atoms with van der Waals surface area (Å²) in [4.78, 5) is 5.16. The van der Waals surface area contributed by atoms with Crippen molar-refractivity contribution in [3.8, 4) is 21.7 Å². The minimum atomic E-state index is -4.60. The van der Waals surface area contributed by atoms with Gasteiger partial charge in [0.1, 0.15) is 0 Å². The Balaban J connectivity index is 2.07. The highest BCUT2D eigenvalue weighted by Crippen LogP contribution is 2.37. The van der Waals surface area contributed by atoms with Gasteiger partial charge in [-0.25, -0.2) is 9.50 Å². The summed E-state index contributed by atoms with van der Waals surface area (Å²) in [6.07, 6.45) is -4.60. The molecule has 0 radical (unpaired) electrons. The summed E-state index contributed by atoms with van der Waals surface area (Å²) in [5.74, 6) is 0. The van der Waals surface area contributed by atoms with Crippen LogP contribution >= 0.6 is 22.9 Å². The number of hydrogen-bond acceptors (Lipinski definition) is 4. The molecule has 0 atom stereocenters. The van der Waals surface area contributed by atoms with Gasteiger partial charge in [0.05, 0.1) is 28.4 Å². The van der Waals surface area contributed by atoms with Crippen molar-refractivity contribution in [3.05, 3.63) is 64.3 Å². The molecule has 4 rings (SSSR count). The van der Waals surface area contributed by atoms with E-state index in [-0.39, 0.29) is 17.9 Å². The van der Waals surface area contributed by atoms with Crippen LogP contribution in [0.4, 0.5) is 13.2 Å². The van der Waals surface area contributed by atoms with E-state index in [1.54, 1.807) is 41.8 Å². The van der Waals surface area contributed by atoms with E-state index in [4.69, 9.17) is 16.3 Å². The first-order chi connectivity index (χ1) is 13.4. The Morgan fingerprint density at radius 2 is 1.93 bits per heavy atom. The molecule has 0 amide bonds. The molecule has 0 spiro atoms. The Kier molecular flexibility index (Phi) is 4.86. The van der Waals surface area contributed by atoms with Crippen molar-refractivity contribution in [3.63, 3.8) is 0 Å². The van der Waals surface area contributed by atoms with Gasteiger partial charge in [0.25, 0.3) is 0 Å². The molecule has 0 aliphatic heterocycles. The molecule has 4 nitrogen and oxygen atoms in total. The van der Waals surface area contributed by atoms with Crippen molar-refractivity contribution < 1.29 is 17.9 Å². The second kappa shape index (κ2) is 7.20. The van der Waals surface area contributed by atoms with Crippen molar-refractivity contribution >= 4 is 28.6 Å². The van der Waals surface area contributed by atoms with Crippen LogP contribution in [0.25, 0.3) is 27.3 Å². The van der Waals surface area contributed by atoms with E-state index in [0.29, 0.717) is 26.7 Å². The molecule has 28 heavy (non-hydrogen) atoms. The summed E-state index contributed by atoms with van der Waals surface area (Å²) in [5, 5.41) is 6.49. The molecule has 0 saturated carbocycles. The molecule has 0 fully saturated rings. The van der Waals surface area contributed by atoms with E-state index in [1.165, 1.54) is 18.4 Å². The van der Waals surface area contributed by atoms with Crippen molar-refractivity contribution in [2.24, 2.45) is 0 Å². The predicted molar refractivity (Wildman–Crippen MR) is 102 cm³/mol. The third-order valence-electron chi connectivity index (χ3n) is 4.14. The summed E-state index contributed by atoms with van der Waals surface area (Å²) >= 11 is 7.28. The smallest absolute Gasteiger partial charge is 0.378 e. The lowest BCUT2D eigenvalue weighted by molar-refractivity contribution is -0.142. The highest BCUT2D eigenvalue weighted by Gasteiger charge is 2.36. The number of methoxy groups -OCH3 is 1. The minimum absolute atomic E-state index is 0.0486. The summed E-state index contributed by atoms with van der Waals surface area (Å²) in [6.45, 7) is 0.0486. The van der Waals surface area contributed by atoms with Crippen LogP contribution in [0.1, 0.15) is 11.4 Å². The van der Waals surface area contributed by atoms with Crippen LogP contribution < -0.4 is 0 Å². The van der Waals surface area contributed by atoms with Gasteiger partial charge in [-0.1, -0.05) is 29.8 Å². The van der Waals surface area contributed by atoms with Crippen LogP contribution in [0.2, 0.25) is 5.02 Å². The van der Waals surface area contributed by atoms with Gasteiger partial charge in [-0.15, -0.1) is 11.3 Å². The Bertz CT molecular complexity index is 1120. The maximum atomic E-state index is 13.8. The Morgan fingerprint density at radius 3 is 2.54 bits per heavy atom. The van der Waals surface area contributed by atoms with E-state index in [1.807, 2.05) is 0 Å². The largest absolute Gasteiger partial charge is 0.433 e. The lowest BCUT2D eigenvalue weighted by Crippen LogP contribution is -2.13. The lowest BCUT2D eigenvalue weighted by Gasteiger charge is -2.11. The van der Waals surface area contributed by atoms with Crippen LogP contribution in [0.15, 0.2) is 47.8 Å². The van der Waals surface area contributed by atoms with Crippen LogP contribution in [-0.2, 0) is 17.5 Å². The minimum Gasteiger partial charge on any atom is -0.378 e. The van der Waals surface area contributed by atoms with Gasteiger partial charge < -0.3 is 4.74 Å². The SMILES string of the molecule is COCc1nn2c(C(F)(F)F)cc(-c3cccs3)nc2c1-c1ccc(Cl)cc1. The zero-order valence-electron chi connectivity index (χ0n) is 14.5. The summed E-state index contributed by atoms with van der Waals surface area (Å²) < 4.78 is 47.4. The van der Waals surface area contributed by atoms with E-state index in [9.17, 15) is 13.2 Å². The maximum absolute atomic E-state index is 13.8. The Labute approximate surface area is 167 Å². The molecular formula is C19H13ClF3N3OS. The second-order valence-electron chi connectivity index (χ2n) is 6.00. The average molecular weight is 424 g/mol. The highest BCUT2D eigenvalue weighted by atomic mass is 35.5. The molecule has 0 aliphatic rings. The summed E-state index contributed by atoms with van der Waals surface area (Å²) in [6, 6.07) is 11.3. The van der Waals surface area contributed by atoms with E-state index >= 15 is 0 Å². The number of benzene rings is 1. The van der Waals surface area contributed by atoms with Gasteiger partial charge in [-0.05, 0) is 35.2 Å². The lowest BCUT2D eigenvalue weighted by atomic mass is 10.1. The van der Waals surface area contributed by atoms with Gasteiger partial charge in [0.15, 0.2) is 11.3 Å². The molecule has 9 heteroatoms. The van der Waals surface area contributed by atoms with E-state index < -0.39 is 11.9 Å². The normalized spacial score (nSPS) is 12.0. The van der Waals surface area contributed by atoms with Crippen molar-refractivity contribution in [1.29, 1.82) is 0 Å². The molecule has 3 heterocycles. The molecule has 0 unspecified atom stereocenters. The van der Waals surface area contributed by atoms with Crippen LogP contribution in [-0.4, -0.2) is 21.7 Å². The number of aromatic nitrogens is 3. The standard InChI is InChI=1S/C19H13ClF3N3OS/c1-27-10-14-17(11-4-6-12(20)7-5-11)18-24-13(15-3-2-8-28-15)9-16(19(21,22)23)26(18)25-14/h2-9H,10H2,1H3. The van der Waals surface area contributed by atoms with Crippen molar-refractivity contribution in [2.45, 2.75) is 12.8 Å². The Morgan fingerprint density at radius 1 is 1.18 bits per heavy atom. The fourth-order valence-electron chi connectivity index (χ4n) is 2.96. The Hall–Kier alpha value is -2.42. The third kappa shape index (κ3) is 3.39. The maximum Gasteiger partial charge on any atom is 0.433 e. The second-order valence-corrected chi connectivity index (χ2v) is 7.38. The third-order valence-corrected chi connectivity index (χ3v) is 5.28. The fraction of sp³-hybridized carbons (Fsp3) is 0.158. The number of hydrogen-bond donors (Lipinski definition) is 0. The van der Waals surface area contributed by atoms with Crippen LogP contribution in [0.5, 0.6) is 0 Å². The number of rotatable bonds is 4.